The molecular weight excluding hydrogens is 280 g/mol. The van der Waals surface area contributed by atoms with Crippen LogP contribution in [0.15, 0.2) is 18.2 Å². The van der Waals surface area contributed by atoms with E-state index in [1.165, 1.54) is 18.2 Å². The summed E-state index contributed by atoms with van der Waals surface area (Å²) in [6.45, 7) is 2.74. The van der Waals surface area contributed by atoms with Crippen LogP contribution < -0.4 is 10.6 Å². The number of carboxylic acids is 1. The highest BCUT2D eigenvalue weighted by Gasteiger charge is 2.40. The van der Waals surface area contributed by atoms with Crippen molar-refractivity contribution in [3.63, 3.8) is 0 Å². The molecule has 1 aliphatic rings. The molecule has 20 heavy (non-hydrogen) atoms. The van der Waals surface area contributed by atoms with Gasteiger partial charge in [0.05, 0.1) is 16.3 Å². The van der Waals surface area contributed by atoms with Crippen LogP contribution >= 0.6 is 11.6 Å². The van der Waals surface area contributed by atoms with Crippen molar-refractivity contribution < 1.29 is 14.7 Å². The molecule has 1 saturated carbocycles. The Bertz CT molecular complexity index is 541. The maximum atomic E-state index is 11.8. The molecule has 0 bridgehead atoms. The van der Waals surface area contributed by atoms with E-state index in [0.29, 0.717) is 17.3 Å². The number of carboxylic acid groups (broad SMARTS) is 1. The predicted octanol–water partition coefficient (Wildman–Crippen LogP) is 3.35. The molecule has 0 unspecified atom stereocenters. The number of rotatable bonds is 5. The van der Waals surface area contributed by atoms with Gasteiger partial charge in [-0.15, -0.1) is 0 Å². The second kappa shape index (κ2) is 5.71. The van der Waals surface area contributed by atoms with E-state index in [4.69, 9.17) is 16.7 Å². The van der Waals surface area contributed by atoms with Crippen molar-refractivity contribution >= 4 is 29.3 Å². The molecule has 1 aromatic carbocycles. The zero-order valence-corrected chi connectivity index (χ0v) is 12.0. The summed E-state index contributed by atoms with van der Waals surface area (Å²) in [4.78, 5) is 22.7. The van der Waals surface area contributed by atoms with Crippen LogP contribution in [0, 0.1) is 5.41 Å². The van der Waals surface area contributed by atoms with E-state index < -0.39 is 5.97 Å². The Morgan fingerprint density at radius 3 is 2.65 bits per heavy atom. The first kappa shape index (κ1) is 14.7. The summed E-state index contributed by atoms with van der Waals surface area (Å²) < 4.78 is 0. The summed E-state index contributed by atoms with van der Waals surface area (Å²) in [6, 6.07) is 3.82. The fourth-order valence-electron chi connectivity index (χ4n) is 2.02. The number of urea groups is 1. The van der Waals surface area contributed by atoms with Gasteiger partial charge in [0.1, 0.15) is 0 Å². The van der Waals surface area contributed by atoms with Crippen molar-refractivity contribution in [2.75, 3.05) is 11.9 Å². The van der Waals surface area contributed by atoms with E-state index in [2.05, 4.69) is 17.6 Å². The van der Waals surface area contributed by atoms with E-state index in [-0.39, 0.29) is 17.0 Å². The molecule has 1 aliphatic carbocycles. The van der Waals surface area contributed by atoms with Gasteiger partial charge in [-0.2, -0.15) is 0 Å². The van der Waals surface area contributed by atoms with Gasteiger partial charge >= 0.3 is 12.0 Å². The van der Waals surface area contributed by atoms with Gasteiger partial charge in [0, 0.05) is 6.54 Å². The molecule has 0 atom stereocenters. The predicted molar refractivity (Wildman–Crippen MR) is 77.4 cm³/mol. The van der Waals surface area contributed by atoms with Crippen LogP contribution in [0.4, 0.5) is 10.5 Å². The molecule has 0 saturated heterocycles. The van der Waals surface area contributed by atoms with E-state index >= 15 is 0 Å². The summed E-state index contributed by atoms with van der Waals surface area (Å²) >= 11 is 5.94. The number of carbonyl (C=O) groups excluding carboxylic acids is 1. The molecule has 0 spiro atoms. The highest BCUT2D eigenvalue weighted by molar-refractivity contribution is 6.33. The fourth-order valence-corrected chi connectivity index (χ4v) is 2.19. The van der Waals surface area contributed by atoms with Crippen molar-refractivity contribution in [1.82, 2.24) is 5.32 Å². The molecule has 6 heteroatoms. The molecule has 0 aliphatic heterocycles. The van der Waals surface area contributed by atoms with Gasteiger partial charge in [-0.25, -0.2) is 9.59 Å². The minimum absolute atomic E-state index is 0.0805. The lowest BCUT2D eigenvalue weighted by Gasteiger charge is -2.14. The van der Waals surface area contributed by atoms with E-state index in [0.717, 1.165) is 19.3 Å². The number of amides is 2. The number of carbonyl (C=O) groups is 2. The standard InChI is InChI=1S/C14H17ClN2O3/c1-2-14(5-6-14)8-16-13(20)17-11-7-9(12(18)19)3-4-10(11)15/h3-4,7H,2,5-6,8H2,1H3,(H,18,19)(H2,16,17,20). The van der Waals surface area contributed by atoms with Crippen molar-refractivity contribution in [2.24, 2.45) is 5.41 Å². The van der Waals surface area contributed by atoms with Crippen LogP contribution in [0.3, 0.4) is 0 Å². The number of halogens is 1. The van der Waals surface area contributed by atoms with Gasteiger partial charge in [0.15, 0.2) is 0 Å². The van der Waals surface area contributed by atoms with Crippen LogP contribution in [0.5, 0.6) is 0 Å². The molecule has 2 amide bonds. The molecule has 5 nitrogen and oxygen atoms in total. The second-order valence-corrected chi connectivity index (χ2v) is 5.57. The Balaban J connectivity index is 1.96. The molecule has 3 N–H and O–H groups in total. The zero-order valence-electron chi connectivity index (χ0n) is 11.2. The topological polar surface area (TPSA) is 78.4 Å². The zero-order chi connectivity index (χ0) is 14.8. The van der Waals surface area contributed by atoms with Crippen LogP contribution in [0.2, 0.25) is 5.02 Å². The third-order valence-electron chi connectivity index (χ3n) is 3.79. The van der Waals surface area contributed by atoms with Crippen LogP contribution in [0.25, 0.3) is 0 Å². The molecule has 1 aromatic rings. The number of anilines is 1. The minimum atomic E-state index is -1.06. The Hall–Kier alpha value is -1.75. The quantitative estimate of drug-likeness (QED) is 0.779. The Morgan fingerprint density at radius 1 is 1.40 bits per heavy atom. The van der Waals surface area contributed by atoms with Gasteiger partial charge in [0.25, 0.3) is 0 Å². The van der Waals surface area contributed by atoms with Crippen LogP contribution in [-0.4, -0.2) is 23.7 Å². The lowest BCUT2D eigenvalue weighted by molar-refractivity contribution is 0.0697. The summed E-state index contributed by atoms with van der Waals surface area (Å²) in [5, 5.41) is 14.6. The maximum absolute atomic E-state index is 11.8. The number of hydrogen-bond acceptors (Lipinski definition) is 2. The molecule has 0 heterocycles. The average Bonchev–Trinajstić information content (AvgIpc) is 3.19. The average molecular weight is 297 g/mol. The third-order valence-corrected chi connectivity index (χ3v) is 4.12. The number of benzene rings is 1. The van der Waals surface area contributed by atoms with Crippen LogP contribution in [0.1, 0.15) is 36.5 Å². The normalized spacial score (nSPS) is 15.5. The summed E-state index contributed by atoms with van der Waals surface area (Å²) in [7, 11) is 0. The molecule has 0 aromatic heterocycles. The van der Waals surface area contributed by atoms with E-state index in [9.17, 15) is 9.59 Å². The first-order chi connectivity index (χ1) is 9.46. The first-order valence-electron chi connectivity index (χ1n) is 6.53. The lowest BCUT2D eigenvalue weighted by atomic mass is 10.0. The van der Waals surface area contributed by atoms with Crippen molar-refractivity contribution in [3.05, 3.63) is 28.8 Å². The maximum Gasteiger partial charge on any atom is 0.335 e. The molecule has 2 rings (SSSR count). The van der Waals surface area contributed by atoms with Crippen molar-refractivity contribution in [1.29, 1.82) is 0 Å². The van der Waals surface area contributed by atoms with Gasteiger partial charge < -0.3 is 15.7 Å². The van der Waals surface area contributed by atoms with Gasteiger partial charge in [-0.3, -0.25) is 0 Å². The summed E-state index contributed by atoms with van der Waals surface area (Å²) in [5.74, 6) is -1.06. The largest absolute Gasteiger partial charge is 0.478 e. The molecule has 108 valence electrons. The second-order valence-electron chi connectivity index (χ2n) is 5.16. The van der Waals surface area contributed by atoms with E-state index in [1.807, 2.05) is 0 Å². The Labute approximate surface area is 122 Å². The Kier molecular flexibility index (Phi) is 4.18. The number of hydrogen-bond donors (Lipinski definition) is 3. The molecule has 1 fully saturated rings. The molecule has 0 radical (unpaired) electrons. The molecular formula is C14H17ClN2O3. The number of aromatic carboxylic acids is 1. The van der Waals surface area contributed by atoms with Gasteiger partial charge in [0.2, 0.25) is 0 Å². The minimum Gasteiger partial charge on any atom is -0.478 e. The van der Waals surface area contributed by atoms with Crippen molar-refractivity contribution in [3.8, 4) is 0 Å². The van der Waals surface area contributed by atoms with Crippen molar-refractivity contribution in [2.45, 2.75) is 26.2 Å². The lowest BCUT2D eigenvalue weighted by Crippen LogP contribution is -2.33. The summed E-state index contributed by atoms with van der Waals surface area (Å²) in [6.07, 6.45) is 3.32. The highest BCUT2D eigenvalue weighted by atomic mass is 35.5. The van der Waals surface area contributed by atoms with E-state index in [1.54, 1.807) is 0 Å². The van der Waals surface area contributed by atoms with Gasteiger partial charge in [-0.1, -0.05) is 18.5 Å². The Morgan fingerprint density at radius 2 is 2.10 bits per heavy atom. The monoisotopic (exact) mass is 296 g/mol. The van der Waals surface area contributed by atoms with Crippen LogP contribution in [-0.2, 0) is 0 Å². The fraction of sp³-hybridized carbons (Fsp3) is 0.429. The smallest absolute Gasteiger partial charge is 0.335 e. The highest BCUT2D eigenvalue weighted by Crippen LogP contribution is 2.47. The number of nitrogens with one attached hydrogen (secondary N) is 2. The SMILES string of the molecule is CCC1(CNC(=O)Nc2cc(C(=O)O)ccc2Cl)CC1. The van der Waals surface area contributed by atoms with Gasteiger partial charge in [-0.05, 0) is 42.9 Å². The first-order valence-corrected chi connectivity index (χ1v) is 6.91. The third kappa shape index (κ3) is 3.42. The summed E-state index contributed by atoms with van der Waals surface area (Å²) in [5.41, 5.74) is 0.631.